The fourth-order valence-corrected chi connectivity index (χ4v) is 4.43. The molecule has 2 aliphatic rings. The number of ether oxygens (including phenoxy) is 5. The summed E-state index contributed by atoms with van der Waals surface area (Å²) in [7, 11) is 1.24. The number of hydrogen-bond donors (Lipinski definition) is 0. The molecule has 4 rings (SSSR count). The van der Waals surface area contributed by atoms with E-state index in [0.29, 0.717) is 19.3 Å². The van der Waals surface area contributed by atoms with E-state index in [9.17, 15) is 0 Å². The SMILES string of the molecule is CCOCOc1ccc(C(C)(C)c2ccc(OCC3CO3)c(CCC[SiH3])c2)cc1CC1CO1. The van der Waals surface area contributed by atoms with Crippen LogP contribution in [0.25, 0.3) is 0 Å². The van der Waals surface area contributed by atoms with E-state index in [-0.39, 0.29) is 18.3 Å². The fourth-order valence-electron chi connectivity index (χ4n) is 4.07. The highest BCUT2D eigenvalue weighted by Gasteiger charge is 2.29. The first-order valence-corrected chi connectivity index (χ1v) is 13.8. The van der Waals surface area contributed by atoms with E-state index < -0.39 is 0 Å². The molecule has 0 saturated carbocycles. The van der Waals surface area contributed by atoms with Crippen LogP contribution in [0.15, 0.2) is 36.4 Å². The lowest BCUT2D eigenvalue weighted by Gasteiger charge is -2.28. The van der Waals surface area contributed by atoms with E-state index in [2.05, 4.69) is 50.2 Å². The van der Waals surface area contributed by atoms with Crippen LogP contribution in [-0.2, 0) is 32.5 Å². The van der Waals surface area contributed by atoms with Gasteiger partial charge in [-0.3, -0.25) is 0 Å². The zero-order chi connectivity index (χ0) is 23.3. The number of aryl methyl sites for hydroxylation is 1. The Balaban J connectivity index is 1.58. The third kappa shape index (κ3) is 6.60. The Morgan fingerprint density at radius 1 is 0.939 bits per heavy atom. The van der Waals surface area contributed by atoms with Gasteiger partial charge in [-0.1, -0.05) is 50.6 Å². The summed E-state index contributed by atoms with van der Waals surface area (Å²) in [4.78, 5) is 0. The van der Waals surface area contributed by atoms with Gasteiger partial charge in [-0.25, -0.2) is 0 Å². The molecule has 0 amide bonds. The van der Waals surface area contributed by atoms with Gasteiger partial charge in [0.25, 0.3) is 0 Å². The Morgan fingerprint density at radius 2 is 1.58 bits per heavy atom. The molecule has 2 fully saturated rings. The zero-order valence-corrected chi connectivity index (χ0v) is 22.5. The highest BCUT2D eigenvalue weighted by Crippen LogP contribution is 2.37. The van der Waals surface area contributed by atoms with Crippen molar-refractivity contribution < 1.29 is 23.7 Å². The first-order valence-electron chi connectivity index (χ1n) is 12.3. The molecule has 2 heterocycles. The lowest BCUT2D eigenvalue weighted by atomic mass is 9.76. The van der Waals surface area contributed by atoms with Crippen molar-refractivity contribution in [3.05, 3.63) is 58.7 Å². The van der Waals surface area contributed by atoms with Crippen LogP contribution < -0.4 is 9.47 Å². The molecule has 0 aliphatic carbocycles. The Hall–Kier alpha value is -1.86. The maximum Gasteiger partial charge on any atom is 0.189 e. The third-order valence-corrected chi connectivity index (χ3v) is 7.25. The van der Waals surface area contributed by atoms with Gasteiger partial charge in [0.1, 0.15) is 24.2 Å². The molecule has 0 aromatic heterocycles. The van der Waals surface area contributed by atoms with Gasteiger partial charge < -0.3 is 23.7 Å². The summed E-state index contributed by atoms with van der Waals surface area (Å²) in [5.74, 6) is 1.89. The second-order valence-corrected chi connectivity index (χ2v) is 10.6. The molecular weight excluding hydrogens is 432 g/mol. The van der Waals surface area contributed by atoms with Gasteiger partial charge in [0.05, 0.1) is 19.3 Å². The van der Waals surface area contributed by atoms with Gasteiger partial charge in [-0.2, -0.15) is 0 Å². The minimum absolute atomic E-state index is 0.147. The standard InChI is InChI=1S/C27H38O5Si/c1-4-28-18-32-26-10-8-22(13-20(26)14-23-15-29-23)27(2,3)21-7-9-25(31-17-24-16-30-24)19(12-21)6-5-11-33/h7-10,12-13,23-24H,4-6,11,14-18H2,1-3,33H3. The average Bonchev–Trinajstić information content (AvgIpc) is 3.73. The quantitative estimate of drug-likeness (QED) is 0.182. The van der Waals surface area contributed by atoms with Crippen LogP contribution in [0.4, 0.5) is 0 Å². The van der Waals surface area contributed by atoms with Crippen LogP contribution >= 0.6 is 0 Å². The first kappa shape index (κ1) is 24.3. The number of rotatable bonds is 14. The Kier molecular flexibility index (Phi) is 8.12. The van der Waals surface area contributed by atoms with Crippen LogP contribution in [0.2, 0.25) is 6.04 Å². The van der Waals surface area contributed by atoms with Crippen molar-refractivity contribution in [1.82, 2.24) is 0 Å². The first-order chi connectivity index (χ1) is 16.0. The molecule has 0 spiro atoms. The lowest BCUT2D eigenvalue weighted by Crippen LogP contribution is -2.20. The Morgan fingerprint density at radius 3 is 2.18 bits per heavy atom. The van der Waals surface area contributed by atoms with Gasteiger partial charge in [0.2, 0.25) is 0 Å². The van der Waals surface area contributed by atoms with Crippen molar-refractivity contribution in [2.75, 3.05) is 33.2 Å². The second-order valence-electron chi connectivity index (χ2n) is 9.55. The molecule has 2 aliphatic heterocycles. The van der Waals surface area contributed by atoms with Crippen LogP contribution in [0.5, 0.6) is 11.5 Å². The van der Waals surface area contributed by atoms with Crippen LogP contribution in [0.3, 0.4) is 0 Å². The van der Waals surface area contributed by atoms with E-state index in [1.807, 2.05) is 6.92 Å². The maximum absolute atomic E-state index is 6.11. The van der Waals surface area contributed by atoms with Crippen LogP contribution in [-0.4, -0.2) is 55.7 Å². The van der Waals surface area contributed by atoms with Crippen molar-refractivity contribution in [2.45, 2.75) is 63.7 Å². The van der Waals surface area contributed by atoms with Crippen molar-refractivity contribution in [3.8, 4) is 11.5 Å². The summed E-state index contributed by atoms with van der Waals surface area (Å²) in [6.45, 7) is 9.77. The number of hydrogen-bond acceptors (Lipinski definition) is 5. The summed E-state index contributed by atoms with van der Waals surface area (Å²) in [5.41, 5.74) is 4.92. The van der Waals surface area contributed by atoms with Gasteiger partial charge in [-0.05, 0) is 47.7 Å². The zero-order valence-electron chi connectivity index (χ0n) is 20.5. The summed E-state index contributed by atoms with van der Waals surface area (Å²) < 4.78 is 28.3. The summed E-state index contributed by atoms with van der Waals surface area (Å²) in [5, 5.41) is 0. The van der Waals surface area contributed by atoms with Gasteiger partial charge >= 0.3 is 0 Å². The van der Waals surface area contributed by atoms with Crippen LogP contribution in [0.1, 0.15) is 49.4 Å². The summed E-state index contributed by atoms with van der Waals surface area (Å²) in [6.07, 6.45) is 3.71. The molecule has 2 saturated heterocycles. The summed E-state index contributed by atoms with van der Waals surface area (Å²) >= 11 is 0. The minimum atomic E-state index is -0.147. The van der Waals surface area contributed by atoms with E-state index in [1.54, 1.807) is 0 Å². The molecule has 2 atom stereocenters. The van der Waals surface area contributed by atoms with Crippen molar-refractivity contribution in [3.63, 3.8) is 0 Å². The normalized spacial score (nSPS) is 19.5. The molecule has 0 radical (unpaired) electrons. The average molecular weight is 471 g/mol. The molecule has 2 aromatic carbocycles. The van der Waals surface area contributed by atoms with E-state index in [4.69, 9.17) is 23.7 Å². The van der Waals surface area contributed by atoms with E-state index in [1.165, 1.54) is 45.0 Å². The smallest absolute Gasteiger partial charge is 0.189 e. The predicted octanol–water partition coefficient (Wildman–Crippen LogP) is 3.82. The van der Waals surface area contributed by atoms with Gasteiger partial charge in [0, 0.05) is 28.7 Å². The summed E-state index contributed by atoms with van der Waals surface area (Å²) in [6, 6.07) is 14.6. The largest absolute Gasteiger partial charge is 0.491 e. The highest BCUT2D eigenvalue weighted by atomic mass is 28.1. The van der Waals surface area contributed by atoms with Gasteiger partial charge in [0.15, 0.2) is 6.79 Å². The predicted molar refractivity (Wildman–Crippen MR) is 134 cm³/mol. The molecule has 33 heavy (non-hydrogen) atoms. The van der Waals surface area contributed by atoms with E-state index >= 15 is 0 Å². The highest BCUT2D eigenvalue weighted by molar-refractivity contribution is 6.08. The third-order valence-electron chi connectivity index (χ3n) is 6.54. The molecule has 0 bridgehead atoms. The van der Waals surface area contributed by atoms with E-state index in [0.717, 1.165) is 37.6 Å². The topological polar surface area (TPSA) is 52.8 Å². The number of benzene rings is 2. The monoisotopic (exact) mass is 470 g/mol. The van der Waals surface area contributed by atoms with Gasteiger partial charge in [-0.15, -0.1) is 0 Å². The molecule has 6 heteroatoms. The molecule has 0 N–H and O–H groups in total. The molecule has 180 valence electrons. The number of epoxide rings is 2. The molecule has 2 unspecified atom stereocenters. The fraction of sp³-hybridized carbons (Fsp3) is 0.556. The molecule has 5 nitrogen and oxygen atoms in total. The van der Waals surface area contributed by atoms with Crippen molar-refractivity contribution in [2.24, 2.45) is 0 Å². The second kappa shape index (κ2) is 11.0. The molecule has 2 aromatic rings. The maximum atomic E-state index is 6.11. The Labute approximate surface area is 201 Å². The van der Waals surface area contributed by atoms with Crippen molar-refractivity contribution >= 4 is 10.2 Å². The Bertz CT molecular complexity index is 921. The lowest BCUT2D eigenvalue weighted by molar-refractivity contribution is 0.0218. The molecular formula is C27H38O5Si. The van der Waals surface area contributed by atoms with Crippen LogP contribution in [0, 0.1) is 0 Å². The minimum Gasteiger partial charge on any atom is -0.491 e. The van der Waals surface area contributed by atoms with Crippen molar-refractivity contribution in [1.29, 1.82) is 0 Å².